The van der Waals surface area contributed by atoms with Crippen LogP contribution in [0.5, 0.6) is 0 Å². The summed E-state index contributed by atoms with van der Waals surface area (Å²) in [6.07, 6.45) is 0. The first-order chi connectivity index (χ1) is 8.66. The van der Waals surface area contributed by atoms with E-state index in [4.69, 9.17) is 0 Å². The van der Waals surface area contributed by atoms with E-state index in [0.717, 1.165) is 0 Å². The fourth-order valence-electron chi connectivity index (χ4n) is 2.62. The highest BCUT2D eigenvalue weighted by Gasteiger charge is 2.05. The zero-order valence-corrected chi connectivity index (χ0v) is 11.2. The van der Waals surface area contributed by atoms with E-state index in [1.807, 2.05) is 0 Å². The van der Waals surface area contributed by atoms with Gasteiger partial charge in [-0.2, -0.15) is 0 Å². The number of hydrogen-bond donors (Lipinski definition) is 0. The summed E-state index contributed by atoms with van der Waals surface area (Å²) in [5.41, 5.74) is 2.76. The fourth-order valence-corrected chi connectivity index (χ4v) is 2.62. The molecule has 18 heavy (non-hydrogen) atoms. The molecule has 3 rings (SSSR count). The van der Waals surface area contributed by atoms with Crippen LogP contribution in [-0.2, 0) is 0 Å². The summed E-state index contributed by atoms with van der Waals surface area (Å²) in [5, 5.41) is 5.45. The predicted octanol–water partition coefficient (Wildman–Crippen LogP) is 5.42. The molecule has 0 nitrogen and oxygen atoms in total. The van der Waals surface area contributed by atoms with E-state index in [2.05, 4.69) is 69.3 Å². The molecule has 3 aromatic rings. The van der Waals surface area contributed by atoms with Crippen LogP contribution in [0.25, 0.3) is 21.5 Å². The molecule has 0 amide bonds. The summed E-state index contributed by atoms with van der Waals surface area (Å²) in [5.74, 6) is 0.578. The van der Waals surface area contributed by atoms with Gasteiger partial charge < -0.3 is 0 Å². The van der Waals surface area contributed by atoms with Crippen LogP contribution in [0.3, 0.4) is 0 Å². The Bertz CT molecular complexity index is 721. The predicted molar refractivity (Wildman–Crippen MR) is 80.3 cm³/mol. The molecule has 0 saturated carbocycles. The van der Waals surface area contributed by atoms with Gasteiger partial charge in [0.25, 0.3) is 0 Å². The van der Waals surface area contributed by atoms with Gasteiger partial charge in [-0.05, 0) is 45.5 Å². The maximum absolute atomic E-state index is 2.35. The van der Waals surface area contributed by atoms with Crippen molar-refractivity contribution in [3.05, 3.63) is 59.7 Å². The first-order valence-electron chi connectivity index (χ1n) is 6.59. The number of aryl methyl sites for hydroxylation is 1. The van der Waals surface area contributed by atoms with Gasteiger partial charge in [0.05, 0.1) is 0 Å². The van der Waals surface area contributed by atoms with Gasteiger partial charge in [0.15, 0.2) is 0 Å². The van der Waals surface area contributed by atoms with Gasteiger partial charge in [0.1, 0.15) is 0 Å². The molecule has 0 unspecified atom stereocenters. The minimum atomic E-state index is 0.578. The number of hydrogen-bond acceptors (Lipinski definition) is 0. The minimum absolute atomic E-state index is 0.578. The van der Waals surface area contributed by atoms with E-state index >= 15 is 0 Å². The first-order valence-corrected chi connectivity index (χ1v) is 6.59. The lowest BCUT2D eigenvalue weighted by Crippen LogP contribution is -1.88. The highest BCUT2D eigenvalue weighted by Crippen LogP contribution is 2.29. The number of benzene rings is 3. The standard InChI is InChI=1S/C18H18/c1-12(2)15-8-7-14-9-10-16-13(3)5-4-6-17(16)18(14)11-15/h4-12H,1-3H3. The van der Waals surface area contributed by atoms with E-state index in [0.29, 0.717) is 5.92 Å². The van der Waals surface area contributed by atoms with Gasteiger partial charge in [0, 0.05) is 0 Å². The molecule has 0 radical (unpaired) electrons. The van der Waals surface area contributed by atoms with Crippen LogP contribution in [-0.4, -0.2) is 0 Å². The minimum Gasteiger partial charge on any atom is -0.0613 e. The number of rotatable bonds is 1. The highest BCUT2D eigenvalue weighted by atomic mass is 14.1. The maximum Gasteiger partial charge on any atom is -0.0102 e. The second-order valence-corrected chi connectivity index (χ2v) is 5.37. The van der Waals surface area contributed by atoms with Crippen LogP contribution in [0.2, 0.25) is 0 Å². The monoisotopic (exact) mass is 234 g/mol. The molecule has 0 heteroatoms. The van der Waals surface area contributed by atoms with Crippen molar-refractivity contribution >= 4 is 21.5 Å². The van der Waals surface area contributed by atoms with Crippen LogP contribution in [0.1, 0.15) is 30.9 Å². The van der Waals surface area contributed by atoms with Crippen molar-refractivity contribution in [3.63, 3.8) is 0 Å². The van der Waals surface area contributed by atoms with E-state index in [1.165, 1.54) is 32.7 Å². The third kappa shape index (κ3) is 1.69. The van der Waals surface area contributed by atoms with Crippen molar-refractivity contribution in [1.29, 1.82) is 0 Å². The average Bonchev–Trinajstić information content (AvgIpc) is 2.38. The van der Waals surface area contributed by atoms with Crippen LogP contribution < -0.4 is 0 Å². The van der Waals surface area contributed by atoms with Gasteiger partial charge >= 0.3 is 0 Å². The molecule has 0 N–H and O–H groups in total. The Kier molecular flexibility index (Phi) is 2.59. The van der Waals surface area contributed by atoms with E-state index in [-0.39, 0.29) is 0 Å². The molecule has 0 bridgehead atoms. The molecule has 0 aliphatic heterocycles. The molecule has 0 aliphatic carbocycles. The molecule has 0 saturated heterocycles. The van der Waals surface area contributed by atoms with Crippen molar-refractivity contribution in [1.82, 2.24) is 0 Å². The fraction of sp³-hybridized carbons (Fsp3) is 0.222. The molecule has 0 fully saturated rings. The van der Waals surface area contributed by atoms with Crippen molar-refractivity contribution in [2.75, 3.05) is 0 Å². The first kappa shape index (κ1) is 11.3. The lowest BCUT2D eigenvalue weighted by Gasteiger charge is -2.10. The second-order valence-electron chi connectivity index (χ2n) is 5.37. The molecular weight excluding hydrogens is 216 g/mol. The Morgan fingerprint density at radius 3 is 2.33 bits per heavy atom. The Balaban J connectivity index is 2.44. The summed E-state index contributed by atoms with van der Waals surface area (Å²) in [6.45, 7) is 6.68. The van der Waals surface area contributed by atoms with Gasteiger partial charge in [-0.25, -0.2) is 0 Å². The lowest BCUT2D eigenvalue weighted by molar-refractivity contribution is 0.869. The van der Waals surface area contributed by atoms with Crippen molar-refractivity contribution in [2.24, 2.45) is 0 Å². The quantitative estimate of drug-likeness (QED) is 0.493. The van der Waals surface area contributed by atoms with Crippen molar-refractivity contribution in [2.45, 2.75) is 26.7 Å². The normalized spacial score (nSPS) is 11.6. The maximum atomic E-state index is 2.35. The Morgan fingerprint density at radius 1 is 0.778 bits per heavy atom. The molecule has 3 aromatic carbocycles. The van der Waals surface area contributed by atoms with Gasteiger partial charge in [-0.1, -0.05) is 62.4 Å². The molecule has 0 aromatic heterocycles. The van der Waals surface area contributed by atoms with Crippen molar-refractivity contribution in [3.8, 4) is 0 Å². The van der Waals surface area contributed by atoms with Gasteiger partial charge in [0.2, 0.25) is 0 Å². The molecule has 0 aliphatic rings. The molecule has 0 atom stereocenters. The SMILES string of the molecule is Cc1cccc2c1ccc1ccc(C(C)C)cc12. The molecule has 0 heterocycles. The van der Waals surface area contributed by atoms with Gasteiger partial charge in [-0.3, -0.25) is 0 Å². The Morgan fingerprint density at radius 2 is 1.56 bits per heavy atom. The summed E-state index contributed by atoms with van der Waals surface area (Å²) in [4.78, 5) is 0. The Labute approximate surface area is 108 Å². The zero-order chi connectivity index (χ0) is 12.7. The third-order valence-electron chi connectivity index (χ3n) is 3.79. The second kappa shape index (κ2) is 4.13. The Hall–Kier alpha value is -1.82. The summed E-state index contributed by atoms with van der Waals surface area (Å²) >= 11 is 0. The zero-order valence-electron chi connectivity index (χ0n) is 11.2. The molecule has 0 spiro atoms. The van der Waals surface area contributed by atoms with Crippen LogP contribution in [0.4, 0.5) is 0 Å². The highest BCUT2D eigenvalue weighted by molar-refractivity contribution is 6.08. The van der Waals surface area contributed by atoms with E-state index in [1.54, 1.807) is 0 Å². The van der Waals surface area contributed by atoms with E-state index in [9.17, 15) is 0 Å². The average molecular weight is 234 g/mol. The largest absolute Gasteiger partial charge is 0.0613 e. The van der Waals surface area contributed by atoms with Crippen LogP contribution in [0.15, 0.2) is 48.5 Å². The van der Waals surface area contributed by atoms with Crippen LogP contribution in [0, 0.1) is 6.92 Å². The van der Waals surface area contributed by atoms with Crippen molar-refractivity contribution < 1.29 is 0 Å². The topological polar surface area (TPSA) is 0 Å². The summed E-state index contributed by atoms with van der Waals surface area (Å²) < 4.78 is 0. The lowest BCUT2D eigenvalue weighted by atomic mass is 9.94. The molecule has 90 valence electrons. The summed E-state index contributed by atoms with van der Waals surface area (Å²) in [6, 6.07) is 17.9. The van der Waals surface area contributed by atoms with Crippen LogP contribution >= 0.6 is 0 Å². The summed E-state index contributed by atoms with van der Waals surface area (Å²) in [7, 11) is 0. The molecular formula is C18H18. The smallest absolute Gasteiger partial charge is 0.0102 e. The number of fused-ring (bicyclic) bond motifs is 3. The third-order valence-corrected chi connectivity index (χ3v) is 3.79. The van der Waals surface area contributed by atoms with Gasteiger partial charge in [-0.15, -0.1) is 0 Å². The van der Waals surface area contributed by atoms with E-state index < -0.39 is 0 Å².